The fourth-order valence-corrected chi connectivity index (χ4v) is 7.23. The van der Waals surface area contributed by atoms with Crippen LogP contribution in [0, 0.1) is 0 Å². The Bertz CT molecular complexity index is 2230. The van der Waals surface area contributed by atoms with Gasteiger partial charge in [-0.15, -0.1) is 20.4 Å². The predicted molar refractivity (Wildman–Crippen MR) is 172 cm³/mol. The summed E-state index contributed by atoms with van der Waals surface area (Å²) < 4.78 is 58.9. The van der Waals surface area contributed by atoms with E-state index in [1.54, 1.807) is 0 Å². The van der Waals surface area contributed by atoms with E-state index in [-0.39, 0.29) is 23.4 Å². The van der Waals surface area contributed by atoms with Gasteiger partial charge in [0.05, 0.1) is 22.4 Å². The molecule has 0 bridgehead atoms. The van der Waals surface area contributed by atoms with Crippen molar-refractivity contribution in [3.63, 3.8) is 0 Å². The van der Waals surface area contributed by atoms with E-state index in [2.05, 4.69) is 34.9 Å². The molecule has 14 nitrogen and oxygen atoms in total. The van der Waals surface area contributed by atoms with Gasteiger partial charge in [-0.2, -0.15) is 9.61 Å². The summed E-state index contributed by atoms with van der Waals surface area (Å²) in [5, 5.41) is 25.5. The minimum absolute atomic E-state index is 0.0216. The summed E-state index contributed by atoms with van der Waals surface area (Å²) >= 11 is 0. The molecule has 6 rings (SSSR count). The van der Waals surface area contributed by atoms with E-state index < -0.39 is 20.0 Å². The molecule has 45 heavy (non-hydrogen) atoms. The number of rotatable bonds is 13. The predicted octanol–water partition coefficient (Wildman–Crippen LogP) is 3.46. The molecule has 0 radical (unpaired) electrons. The first kappa shape index (κ1) is 30.2. The number of sulfonamides is 2. The number of nitrogens with zero attached hydrogens (tertiary/aromatic N) is 7. The van der Waals surface area contributed by atoms with Crippen LogP contribution in [0.1, 0.15) is 45.1 Å². The molecule has 0 spiro atoms. The Labute approximate surface area is 259 Å². The van der Waals surface area contributed by atoms with Crippen LogP contribution in [0.3, 0.4) is 0 Å². The van der Waals surface area contributed by atoms with Gasteiger partial charge < -0.3 is 0 Å². The number of nitrogens with one attached hydrogen (secondary N) is 3. The van der Waals surface area contributed by atoms with E-state index >= 15 is 0 Å². The Morgan fingerprint density at radius 2 is 1.29 bits per heavy atom. The normalized spacial score (nSPS) is 12.8. The lowest BCUT2D eigenvalue weighted by molar-refractivity contribution is 0.595. The first-order chi connectivity index (χ1) is 21.7. The summed E-state index contributed by atoms with van der Waals surface area (Å²) in [6.07, 6.45) is 4.29. The van der Waals surface area contributed by atoms with Crippen molar-refractivity contribution in [3.05, 3.63) is 71.4 Å². The van der Waals surface area contributed by atoms with Crippen molar-refractivity contribution in [2.75, 3.05) is 20.9 Å². The Morgan fingerprint density at radius 1 is 0.733 bits per heavy atom. The zero-order chi connectivity index (χ0) is 31.6. The van der Waals surface area contributed by atoms with Crippen molar-refractivity contribution in [3.8, 4) is 22.5 Å². The van der Waals surface area contributed by atoms with Gasteiger partial charge in [-0.05, 0) is 18.9 Å². The van der Waals surface area contributed by atoms with Gasteiger partial charge in [0, 0.05) is 16.7 Å². The molecule has 16 heteroatoms. The number of aromatic amines is 1. The summed E-state index contributed by atoms with van der Waals surface area (Å²) in [7, 11) is -7.33. The van der Waals surface area contributed by atoms with E-state index in [1.165, 1.54) is 9.03 Å². The topological polar surface area (TPSA) is 181 Å². The van der Waals surface area contributed by atoms with E-state index in [4.69, 9.17) is 5.10 Å². The molecular weight excluding hydrogens is 617 g/mol. The second-order valence-electron chi connectivity index (χ2n) is 10.5. The van der Waals surface area contributed by atoms with Crippen LogP contribution in [-0.4, -0.2) is 68.0 Å². The third-order valence-corrected chi connectivity index (χ3v) is 9.80. The van der Waals surface area contributed by atoms with E-state index in [0.29, 0.717) is 46.3 Å². The van der Waals surface area contributed by atoms with Crippen LogP contribution in [0.15, 0.2) is 60.7 Å². The Kier molecular flexibility index (Phi) is 8.24. The van der Waals surface area contributed by atoms with Gasteiger partial charge in [0.2, 0.25) is 20.0 Å². The SMILES string of the molecule is CCCCS(=O)(=O)Nc1nnc2c(=Cc3c(-c4ccccc4)[nH]n4c(NS(=O)(=O)CCCC)nnc34)c(-c3ccccc3)nn12. The largest absolute Gasteiger partial charge is 0.288 e. The van der Waals surface area contributed by atoms with Crippen LogP contribution in [0.4, 0.5) is 11.9 Å². The fourth-order valence-electron chi connectivity index (χ4n) is 4.88. The molecule has 4 heterocycles. The molecule has 0 aliphatic rings. The summed E-state index contributed by atoms with van der Waals surface area (Å²) in [6, 6.07) is 18.9. The Hall–Kier alpha value is -4.83. The van der Waals surface area contributed by atoms with Crippen LogP contribution in [0.2, 0.25) is 0 Å². The summed E-state index contributed by atoms with van der Waals surface area (Å²) in [6.45, 7) is 3.84. The van der Waals surface area contributed by atoms with E-state index in [1.807, 2.05) is 80.6 Å². The molecule has 2 aromatic carbocycles. The molecular formula is C29H32N10O4S2. The average molecular weight is 649 g/mol. The highest BCUT2D eigenvalue weighted by atomic mass is 32.2. The van der Waals surface area contributed by atoms with Crippen molar-refractivity contribution in [2.45, 2.75) is 39.5 Å². The smallest absolute Gasteiger partial charge is 0.259 e. The van der Waals surface area contributed by atoms with Gasteiger partial charge in [-0.3, -0.25) is 5.10 Å². The maximum absolute atomic E-state index is 12.7. The average Bonchev–Trinajstić information content (AvgIpc) is 3.79. The second kappa shape index (κ2) is 12.3. The molecule has 0 atom stereocenters. The molecule has 0 aliphatic carbocycles. The molecule has 4 aromatic heterocycles. The number of fused-ring (bicyclic) bond motifs is 2. The lowest BCUT2D eigenvalue weighted by atomic mass is 10.1. The Balaban J connectivity index is 1.57. The standard InChI is InChI=1S/C29H32N10O4S2/c1-3-5-17-44(40,41)36-28-32-30-26-22(24(34-38(26)28)20-13-9-7-10-14-20)19-23-25(21-15-11-8-12-16-21)35-39-27(23)31-33-29(39)37-45(42,43)18-6-4-2/h7-16,19,34H,3-6,17-18H2,1-2H3,(H,32,36)(H,33,37). The highest BCUT2D eigenvalue weighted by Crippen LogP contribution is 2.28. The van der Waals surface area contributed by atoms with Crippen LogP contribution in [0.25, 0.3) is 39.9 Å². The molecule has 0 unspecified atom stereocenters. The number of H-pyrrole nitrogens is 1. The van der Waals surface area contributed by atoms with Gasteiger partial charge in [-0.1, -0.05) is 87.4 Å². The summed E-state index contributed by atoms with van der Waals surface area (Å²) in [5.74, 6) is -0.0912. The zero-order valence-electron chi connectivity index (χ0n) is 24.7. The summed E-state index contributed by atoms with van der Waals surface area (Å²) in [5.41, 5.74) is 4.04. The Morgan fingerprint density at radius 3 is 1.91 bits per heavy atom. The third kappa shape index (κ3) is 6.23. The first-order valence-corrected chi connectivity index (χ1v) is 17.9. The molecule has 6 aromatic rings. The maximum Gasteiger partial charge on any atom is 0.259 e. The van der Waals surface area contributed by atoms with Crippen molar-refractivity contribution < 1.29 is 16.8 Å². The van der Waals surface area contributed by atoms with E-state index in [0.717, 1.165) is 24.0 Å². The van der Waals surface area contributed by atoms with Crippen molar-refractivity contribution >= 4 is 49.3 Å². The van der Waals surface area contributed by atoms with Crippen LogP contribution < -0.4 is 14.7 Å². The van der Waals surface area contributed by atoms with Gasteiger partial charge >= 0.3 is 0 Å². The third-order valence-electron chi connectivity index (χ3n) is 7.16. The number of unbranched alkanes of at least 4 members (excludes halogenated alkanes) is 2. The minimum Gasteiger partial charge on any atom is -0.288 e. The van der Waals surface area contributed by atoms with Gasteiger partial charge in [0.1, 0.15) is 5.69 Å². The van der Waals surface area contributed by atoms with Gasteiger partial charge in [0.25, 0.3) is 11.9 Å². The van der Waals surface area contributed by atoms with Crippen molar-refractivity contribution in [1.82, 2.24) is 39.6 Å². The lowest BCUT2D eigenvalue weighted by Gasteiger charge is -2.04. The number of hydrogen-bond acceptors (Lipinski definition) is 9. The molecule has 0 saturated heterocycles. The number of benzene rings is 2. The monoisotopic (exact) mass is 648 g/mol. The fraction of sp³-hybridized carbons (Fsp3) is 0.276. The molecule has 0 amide bonds. The number of anilines is 2. The minimum atomic E-state index is -3.67. The van der Waals surface area contributed by atoms with Crippen LogP contribution in [0.5, 0.6) is 0 Å². The molecule has 234 valence electrons. The summed E-state index contributed by atoms with van der Waals surface area (Å²) in [4.78, 5) is 0. The molecule has 3 N–H and O–H groups in total. The molecule has 0 saturated carbocycles. The highest BCUT2D eigenvalue weighted by Gasteiger charge is 2.23. The van der Waals surface area contributed by atoms with Crippen molar-refractivity contribution in [1.29, 1.82) is 0 Å². The highest BCUT2D eigenvalue weighted by molar-refractivity contribution is 7.92. The zero-order valence-corrected chi connectivity index (χ0v) is 26.3. The molecule has 0 fully saturated rings. The molecule has 0 aliphatic heterocycles. The van der Waals surface area contributed by atoms with Crippen LogP contribution in [-0.2, 0) is 20.0 Å². The first-order valence-electron chi connectivity index (χ1n) is 14.6. The van der Waals surface area contributed by atoms with Gasteiger partial charge in [-0.25, -0.2) is 30.8 Å². The van der Waals surface area contributed by atoms with Crippen molar-refractivity contribution in [2.24, 2.45) is 0 Å². The van der Waals surface area contributed by atoms with E-state index in [9.17, 15) is 16.8 Å². The lowest BCUT2D eigenvalue weighted by Crippen LogP contribution is -2.18. The van der Waals surface area contributed by atoms with Gasteiger partial charge in [0.15, 0.2) is 11.3 Å². The number of hydrogen-bond donors (Lipinski definition) is 3. The second-order valence-corrected chi connectivity index (χ2v) is 14.2. The maximum atomic E-state index is 12.7. The number of aromatic nitrogens is 8. The van der Waals surface area contributed by atoms with Crippen LogP contribution >= 0.6 is 0 Å². The quantitative estimate of drug-likeness (QED) is 0.169.